The van der Waals surface area contributed by atoms with Gasteiger partial charge in [-0.1, -0.05) is 29.8 Å². The van der Waals surface area contributed by atoms with E-state index in [1.807, 2.05) is 24.0 Å². The minimum atomic E-state index is -0.181. The maximum atomic E-state index is 6.28. The number of nitrogens with zero attached hydrogens (tertiary/aromatic N) is 2. The number of aromatic nitrogens is 2. The summed E-state index contributed by atoms with van der Waals surface area (Å²) >= 11 is 12.6. The van der Waals surface area contributed by atoms with E-state index in [1.54, 1.807) is 0 Å². The van der Waals surface area contributed by atoms with Gasteiger partial charge in [0.15, 0.2) is 0 Å². The Morgan fingerprint density at radius 1 is 1.20 bits per heavy atom. The summed E-state index contributed by atoms with van der Waals surface area (Å²) in [5.41, 5.74) is 3.49. The zero-order valence-corrected chi connectivity index (χ0v) is 13.5. The van der Waals surface area contributed by atoms with Crippen molar-refractivity contribution in [2.75, 3.05) is 11.8 Å². The van der Waals surface area contributed by atoms with Crippen LogP contribution in [0.5, 0.6) is 0 Å². The second kappa shape index (κ2) is 6.64. The topological polar surface area (TPSA) is 17.8 Å². The van der Waals surface area contributed by atoms with Gasteiger partial charge in [0.2, 0.25) is 0 Å². The third-order valence-electron chi connectivity index (χ3n) is 3.92. The molecular formula is C16H20Cl2N2. The standard InChI is InChI=1S/C16H20Cl2N2/c1-13-4-3-5-14(10-13)16(11-17,12-18)8-6-15-7-9-19-20(15)2/h3-5,7,9-10H,6,8,11-12H2,1-2H3. The lowest BCUT2D eigenvalue weighted by Crippen LogP contribution is -2.31. The van der Waals surface area contributed by atoms with Crippen LogP contribution in [-0.2, 0) is 18.9 Å². The smallest absolute Gasteiger partial charge is 0.0492 e. The van der Waals surface area contributed by atoms with Gasteiger partial charge in [-0.3, -0.25) is 4.68 Å². The van der Waals surface area contributed by atoms with E-state index in [0.29, 0.717) is 11.8 Å². The molecule has 20 heavy (non-hydrogen) atoms. The first-order valence-corrected chi connectivity index (χ1v) is 7.84. The van der Waals surface area contributed by atoms with Crippen molar-refractivity contribution >= 4 is 23.2 Å². The van der Waals surface area contributed by atoms with Crippen molar-refractivity contribution < 1.29 is 0 Å². The maximum absolute atomic E-state index is 6.28. The average Bonchev–Trinajstić information content (AvgIpc) is 2.86. The Labute approximate surface area is 130 Å². The summed E-state index contributed by atoms with van der Waals surface area (Å²) in [7, 11) is 1.96. The SMILES string of the molecule is Cc1cccc(C(CCl)(CCl)CCc2ccnn2C)c1. The fourth-order valence-corrected chi connectivity index (χ4v) is 3.32. The highest BCUT2D eigenvalue weighted by Gasteiger charge is 2.30. The number of benzene rings is 1. The molecule has 0 aliphatic carbocycles. The molecule has 0 atom stereocenters. The van der Waals surface area contributed by atoms with Crippen LogP contribution in [0, 0.1) is 6.92 Å². The molecule has 0 aliphatic heterocycles. The van der Waals surface area contributed by atoms with E-state index in [0.717, 1.165) is 12.8 Å². The third-order valence-corrected chi connectivity index (χ3v) is 4.95. The first-order valence-electron chi connectivity index (χ1n) is 6.77. The molecule has 0 aliphatic rings. The van der Waals surface area contributed by atoms with Crippen LogP contribution in [-0.4, -0.2) is 21.5 Å². The van der Waals surface area contributed by atoms with E-state index < -0.39 is 0 Å². The van der Waals surface area contributed by atoms with Crippen molar-refractivity contribution in [3.05, 3.63) is 53.3 Å². The van der Waals surface area contributed by atoms with E-state index in [1.165, 1.54) is 16.8 Å². The Hall–Kier alpha value is -0.990. The van der Waals surface area contributed by atoms with Gasteiger partial charge in [-0.05, 0) is 31.4 Å². The number of aryl methyl sites for hydroxylation is 3. The van der Waals surface area contributed by atoms with E-state index in [4.69, 9.17) is 23.2 Å². The molecule has 0 radical (unpaired) electrons. The van der Waals surface area contributed by atoms with Gasteiger partial charge < -0.3 is 0 Å². The molecule has 0 saturated carbocycles. The van der Waals surface area contributed by atoms with Gasteiger partial charge in [-0.15, -0.1) is 23.2 Å². The van der Waals surface area contributed by atoms with E-state index in [9.17, 15) is 0 Å². The number of alkyl halides is 2. The van der Waals surface area contributed by atoms with Crippen molar-refractivity contribution in [3.63, 3.8) is 0 Å². The lowest BCUT2D eigenvalue weighted by Gasteiger charge is -2.30. The zero-order valence-electron chi connectivity index (χ0n) is 11.9. The van der Waals surface area contributed by atoms with E-state index >= 15 is 0 Å². The van der Waals surface area contributed by atoms with Gasteiger partial charge in [0.1, 0.15) is 0 Å². The van der Waals surface area contributed by atoms with Crippen molar-refractivity contribution in [3.8, 4) is 0 Å². The minimum Gasteiger partial charge on any atom is -0.273 e. The highest BCUT2D eigenvalue weighted by molar-refractivity contribution is 6.22. The second-order valence-electron chi connectivity index (χ2n) is 5.36. The quantitative estimate of drug-likeness (QED) is 0.735. The van der Waals surface area contributed by atoms with Crippen LogP contribution < -0.4 is 0 Å². The lowest BCUT2D eigenvalue weighted by atomic mass is 9.79. The van der Waals surface area contributed by atoms with Gasteiger partial charge in [0, 0.05) is 36.1 Å². The second-order valence-corrected chi connectivity index (χ2v) is 5.90. The molecule has 1 aromatic carbocycles. The van der Waals surface area contributed by atoms with Gasteiger partial charge in [0.05, 0.1) is 0 Å². The Kier molecular flexibility index (Phi) is 5.11. The number of halogens is 2. The van der Waals surface area contributed by atoms with Gasteiger partial charge in [-0.25, -0.2) is 0 Å². The summed E-state index contributed by atoms with van der Waals surface area (Å²) in [5.74, 6) is 1.05. The van der Waals surface area contributed by atoms with Gasteiger partial charge in [-0.2, -0.15) is 5.10 Å². The fraction of sp³-hybridized carbons (Fsp3) is 0.438. The van der Waals surface area contributed by atoms with Crippen LogP contribution in [0.2, 0.25) is 0 Å². The molecule has 2 aromatic rings. The molecule has 2 rings (SSSR count). The average molecular weight is 311 g/mol. The lowest BCUT2D eigenvalue weighted by molar-refractivity contribution is 0.482. The summed E-state index contributed by atoms with van der Waals surface area (Å²) in [6.07, 6.45) is 3.66. The van der Waals surface area contributed by atoms with Gasteiger partial charge >= 0.3 is 0 Å². The minimum absolute atomic E-state index is 0.181. The molecule has 0 unspecified atom stereocenters. The summed E-state index contributed by atoms with van der Waals surface area (Å²) in [5, 5.41) is 4.21. The monoisotopic (exact) mass is 310 g/mol. The zero-order chi connectivity index (χ0) is 14.6. The predicted molar refractivity (Wildman–Crippen MR) is 85.8 cm³/mol. The summed E-state index contributed by atoms with van der Waals surface area (Å²) in [4.78, 5) is 0. The van der Waals surface area contributed by atoms with Crippen LogP contribution in [0.1, 0.15) is 23.2 Å². The third kappa shape index (κ3) is 3.18. The van der Waals surface area contributed by atoms with Crippen molar-refractivity contribution in [2.24, 2.45) is 7.05 Å². The Bertz CT molecular complexity index is 559. The number of rotatable bonds is 6. The molecule has 1 aromatic heterocycles. The van der Waals surface area contributed by atoms with E-state index in [-0.39, 0.29) is 5.41 Å². The summed E-state index contributed by atoms with van der Waals surface area (Å²) in [6.45, 7) is 2.10. The Balaban J connectivity index is 2.23. The number of hydrogen-bond donors (Lipinski definition) is 0. The fourth-order valence-electron chi connectivity index (χ4n) is 2.46. The van der Waals surface area contributed by atoms with Gasteiger partial charge in [0.25, 0.3) is 0 Å². The van der Waals surface area contributed by atoms with Crippen LogP contribution in [0.25, 0.3) is 0 Å². The van der Waals surface area contributed by atoms with Crippen LogP contribution >= 0.6 is 23.2 Å². The highest BCUT2D eigenvalue weighted by Crippen LogP contribution is 2.33. The molecule has 0 N–H and O–H groups in total. The predicted octanol–water partition coefficient (Wildman–Crippen LogP) is 4.08. The molecule has 108 valence electrons. The molecule has 4 heteroatoms. The van der Waals surface area contributed by atoms with Crippen LogP contribution in [0.15, 0.2) is 36.5 Å². The van der Waals surface area contributed by atoms with Crippen molar-refractivity contribution in [2.45, 2.75) is 25.2 Å². The molecule has 0 spiro atoms. The molecule has 0 fully saturated rings. The molecule has 2 nitrogen and oxygen atoms in total. The molecule has 0 bridgehead atoms. The first kappa shape index (κ1) is 15.4. The molecular weight excluding hydrogens is 291 g/mol. The molecule has 0 amide bonds. The highest BCUT2D eigenvalue weighted by atomic mass is 35.5. The molecule has 0 saturated heterocycles. The Morgan fingerprint density at radius 3 is 2.50 bits per heavy atom. The Morgan fingerprint density at radius 2 is 1.95 bits per heavy atom. The maximum Gasteiger partial charge on any atom is 0.0492 e. The van der Waals surface area contributed by atoms with Crippen LogP contribution in [0.4, 0.5) is 0 Å². The first-order chi connectivity index (χ1) is 9.61. The van der Waals surface area contributed by atoms with Crippen molar-refractivity contribution in [1.29, 1.82) is 0 Å². The number of hydrogen-bond acceptors (Lipinski definition) is 1. The molecule has 1 heterocycles. The summed E-state index contributed by atoms with van der Waals surface area (Å²) in [6, 6.07) is 10.5. The van der Waals surface area contributed by atoms with Crippen molar-refractivity contribution in [1.82, 2.24) is 9.78 Å². The van der Waals surface area contributed by atoms with Crippen LogP contribution in [0.3, 0.4) is 0 Å². The normalized spacial score (nSPS) is 11.8. The largest absolute Gasteiger partial charge is 0.273 e. The van der Waals surface area contributed by atoms with E-state index in [2.05, 4.69) is 36.3 Å². The summed E-state index contributed by atoms with van der Waals surface area (Å²) < 4.78 is 1.91.